The summed E-state index contributed by atoms with van der Waals surface area (Å²) in [7, 11) is 0. The van der Waals surface area contributed by atoms with Gasteiger partial charge in [-0.25, -0.2) is 0 Å². The van der Waals surface area contributed by atoms with Crippen molar-refractivity contribution >= 4 is 0 Å². The van der Waals surface area contributed by atoms with Crippen molar-refractivity contribution in [2.45, 2.75) is 77.0 Å². The van der Waals surface area contributed by atoms with Crippen molar-refractivity contribution < 1.29 is 5.11 Å². The van der Waals surface area contributed by atoms with Crippen LogP contribution in [-0.4, -0.2) is 34.2 Å². The summed E-state index contributed by atoms with van der Waals surface area (Å²) < 4.78 is 0. The average molecular weight is 225 g/mol. The molecular formula is C14H27NO. The Morgan fingerprint density at radius 1 is 1.44 bits per heavy atom. The molecule has 2 heteroatoms. The maximum Gasteiger partial charge on any atom is 0.0791 e. The summed E-state index contributed by atoms with van der Waals surface area (Å²) in [5.74, 6) is 0.668. The predicted molar refractivity (Wildman–Crippen MR) is 67.4 cm³/mol. The number of likely N-dealkylation sites (tertiary alicyclic amines) is 1. The first-order chi connectivity index (χ1) is 7.54. The van der Waals surface area contributed by atoms with Gasteiger partial charge in [-0.05, 0) is 38.5 Å². The van der Waals surface area contributed by atoms with Gasteiger partial charge in [-0.3, -0.25) is 4.90 Å². The third-order valence-electron chi connectivity index (χ3n) is 4.24. The molecule has 1 heterocycles. The molecule has 0 radical (unpaired) electrons. The molecule has 3 atom stereocenters. The summed E-state index contributed by atoms with van der Waals surface area (Å²) in [6.45, 7) is 7.72. The molecule has 1 saturated carbocycles. The summed E-state index contributed by atoms with van der Waals surface area (Å²) in [5.41, 5.74) is -0.392. The van der Waals surface area contributed by atoms with Crippen molar-refractivity contribution in [3.63, 3.8) is 0 Å². The second-order valence-electron chi connectivity index (χ2n) is 6.28. The van der Waals surface area contributed by atoms with E-state index in [2.05, 4.69) is 25.7 Å². The molecule has 2 fully saturated rings. The van der Waals surface area contributed by atoms with E-state index >= 15 is 0 Å². The minimum Gasteiger partial charge on any atom is -0.388 e. The Labute approximate surface area is 100 Å². The van der Waals surface area contributed by atoms with E-state index in [0.717, 1.165) is 25.4 Å². The zero-order valence-corrected chi connectivity index (χ0v) is 11.1. The second kappa shape index (κ2) is 4.66. The monoisotopic (exact) mass is 225 g/mol. The molecule has 2 nitrogen and oxygen atoms in total. The highest BCUT2D eigenvalue weighted by molar-refractivity contribution is 5.01. The molecule has 2 aliphatic rings. The normalized spacial score (nSPS) is 37.9. The van der Waals surface area contributed by atoms with E-state index < -0.39 is 5.60 Å². The molecule has 0 aromatic rings. The Hall–Kier alpha value is -0.0800. The van der Waals surface area contributed by atoms with Crippen molar-refractivity contribution in [2.75, 3.05) is 6.54 Å². The summed E-state index contributed by atoms with van der Waals surface area (Å²) in [6, 6.07) is 1.39. The quantitative estimate of drug-likeness (QED) is 0.777. The van der Waals surface area contributed by atoms with Crippen molar-refractivity contribution in [1.29, 1.82) is 0 Å². The number of hydrogen-bond acceptors (Lipinski definition) is 2. The summed E-state index contributed by atoms with van der Waals surface area (Å²) >= 11 is 0. The third kappa shape index (κ3) is 2.78. The second-order valence-corrected chi connectivity index (χ2v) is 6.28. The Morgan fingerprint density at radius 2 is 2.12 bits per heavy atom. The number of β-amino-alcohol motifs (C(OH)–C–C–N with tert-alkyl or cyclic N) is 1. The molecule has 0 aromatic carbocycles. The van der Waals surface area contributed by atoms with Crippen LogP contribution in [0.25, 0.3) is 0 Å². The average Bonchev–Trinajstić information content (AvgIpc) is 2.93. The van der Waals surface area contributed by atoms with Crippen LogP contribution in [0.4, 0.5) is 0 Å². The van der Waals surface area contributed by atoms with Crippen molar-refractivity contribution in [3.8, 4) is 0 Å². The van der Waals surface area contributed by atoms with E-state index in [1.165, 1.54) is 25.7 Å². The number of aliphatic hydroxyl groups is 1. The lowest BCUT2D eigenvalue weighted by Crippen LogP contribution is -2.36. The maximum absolute atomic E-state index is 10.7. The van der Waals surface area contributed by atoms with Crippen LogP contribution in [-0.2, 0) is 0 Å². The Kier molecular flexibility index (Phi) is 3.60. The van der Waals surface area contributed by atoms with E-state index in [4.69, 9.17) is 0 Å². The first-order valence-corrected chi connectivity index (χ1v) is 7.02. The van der Waals surface area contributed by atoms with Crippen LogP contribution >= 0.6 is 0 Å². The highest BCUT2D eigenvalue weighted by atomic mass is 16.3. The molecule has 0 aromatic heterocycles. The molecule has 1 saturated heterocycles. The molecule has 0 amide bonds. The lowest BCUT2D eigenvalue weighted by atomic mass is 9.87. The van der Waals surface area contributed by atoms with E-state index in [9.17, 15) is 5.11 Å². The van der Waals surface area contributed by atoms with Crippen LogP contribution in [0.1, 0.15) is 59.3 Å². The zero-order chi connectivity index (χ0) is 11.8. The van der Waals surface area contributed by atoms with Crippen LogP contribution in [0.3, 0.4) is 0 Å². The summed E-state index contributed by atoms with van der Waals surface area (Å²) in [5, 5.41) is 10.7. The first-order valence-electron chi connectivity index (χ1n) is 7.02. The molecule has 0 bridgehead atoms. The topological polar surface area (TPSA) is 23.5 Å². The number of rotatable bonds is 5. The van der Waals surface area contributed by atoms with Crippen LogP contribution in [0.5, 0.6) is 0 Å². The number of hydrogen-bond donors (Lipinski definition) is 1. The van der Waals surface area contributed by atoms with Gasteiger partial charge in [-0.1, -0.05) is 26.7 Å². The Balaban J connectivity index is 1.88. The fraction of sp³-hybridized carbons (Fsp3) is 1.00. The Morgan fingerprint density at radius 3 is 2.69 bits per heavy atom. The van der Waals surface area contributed by atoms with Gasteiger partial charge in [-0.2, -0.15) is 0 Å². The van der Waals surface area contributed by atoms with Crippen LogP contribution in [0.15, 0.2) is 0 Å². The molecule has 1 aliphatic heterocycles. The van der Waals surface area contributed by atoms with Gasteiger partial charge in [0.05, 0.1) is 5.60 Å². The first kappa shape index (κ1) is 12.4. The smallest absolute Gasteiger partial charge is 0.0791 e. The lowest BCUT2D eigenvalue weighted by molar-refractivity contribution is 0.0247. The predicted octanol–water partition coefficient (Wildman–Crippen LogP) is 2.80. The van der Waals surface area contributed by atoms with Crippen LogP contribution in [0, 0.1) is 5.92 Å². The molecule has 3 unspecified atom stereocenters. The van der Waals surface area contributed by atoms with Gasteiger partial charge in [0.1, 0.15) is 0 Å². The minimum absolute atomic E-state index is 0.392. The fourth-order valence-corrected chi connectivity index (χ4v) is 3.51. The van der Waals surface area contributed by atoms with E-state index in [0.29, 0.717) is 12.0 Å². The van der Waals surface area contributed by atoms with Crippen molar-refractivity contribution in [1.82, 2.24) is 4.90 Å². The SMILES string of the molecule is CCCC(C)CC1(O)CC(C)N(C2CC2)C1. The summed E-state index contributed by atoms with van der Waals surface area (Å²) in [6.07, 6.45) is 7.17. The molecule has 0 spiro atoms. The van der Waals surface area contributed by atoms with Crippen molar-refractivity contribution in [3.05, 3.63) is 0 Å². The van der Waals surface area contributed by atoms with Gasteiger partial charge in [0.15, 0.2) is 0 Å². The van der Waals surface area contributed by atoms with Crippen LogP contribution < -0.4 is 0 Å². The molecule has 16 heavy (non-hydrogen) atoms. The summed E-state index contributed by atoms with van der Waals surface area (Å²) in [4.78, 5) is 2.54. The van der Waals surface area contributed by atoms with Gasteiger partial charge < -0.3 is 5.11 Å². The van der Waals surface area contributed by atoms with Gasteiger partial charge in [0.25, 0.3) is 0 Å². The molecule has 1 N–H and O–H groups in total. The molecule has 1 aliphatic carbocycles. The van der Waals surface area contributed by atoms with Gasteiger partial charge in [-0.15, -0.1) is 0 Å². The molecule has 2 rings (SSSR count). The fourth-order valence-electron chi connectivity index (χ4n) is 3.51. The highest BCUT2D eigenvalue weighted by Gasteiger charge is 2.46. The van der Waals surface area contributed by atoms with E-state index in [-0.39, 0.29) is 0 Å². The molecule has 94 valence electrons. The third-order valence-corrected chi connectivity index (χ3v) is 4.24. The van der Waals surface area contributed by atoms with Gasteiger partial charge in [0, 0.05) is 18.6 Å². The molecular weight excluding hydrogens is 198 g/mol. The standard InChI is InChI=1S/C14H27NO/c1-4-5-11(2)8-14(16)9-12(3)15(10-14)13-6-7-13/h11-13,16H,4-10H2,1-3H3. The minimum atomic E-state index is -0.392. The maximum atomic E-state index is 10.7. The van der Waals surface area contributed by atoms with Crippen LogP contribution in [0.2, 0.25) is 0 Å². The zero-order valence-electron chi connectivity index (χ0n) is 11.1. The lowest BCUT2D eigenvalue weighted by Gasteiger charge is -2.26. The Bertz CT molecular complexity index is 239. The van der Waals surface area contributed by atoms with Crippen molar-refractivity contribution in [2.24, 2.45) is 5.92 Å². The van der Waals surface area contributed by atoms with E-state index in [1.54, 1.807) is 0 Å². The van der Waals surface area contributed by atoms with E-state index in [1.807, 2.05) is 0 Å². The highest BCUT2D eigenvalue weighted by Crippen LogP contribution is 2.39. The largest absolute Gasteiger partial charge is 0.388 e. The van der Waals surface area contributed by atoms with Gasteiger partial charge in [0.2, 0.25) is 0 Å². The van der Waals surface area contributed by atoms with Gasteiger partial charge >= 0.3 is 0 Å². The number of nitrogens with zero attached hydrogens (tertiary/aromatic N) is 1.